The SMILES string of the molecule is CC(=O)N1N=C(c2cccnc2)O[C@@H]1c1cc([N+](=O)[O-])ccc1Cl. The molecule has 0 bridgehead atoms. The highest BCUT2D eigenvalue weighted by molar-refractivity contribution is 6.31. The lowest BCUT2D eigenvalue weighted by atomic mass is 10.1. The Labute approximate surface area is 141 Å². The van der Waals surface area contributed by atoms with Gasteiger partial charge in [0.05, 0.1) is 10.5 Å². The highest BCUT2D eigenvalue weighted by Crippen LogP contribution is 2.36. The standard InChI is InChI=1S/C15H11ClN4O4/c1-9(21)19-15(12-7-11(20(22)23)4-5-13(12)16)24-14(18-19)10-3-2-6-17-8-10/h2-8,15H,1H3/t15-/m1/s1. The zero-order valence-corrected chi connectivity index (χ0v) is 13.2. The molecule has 1 aromatic carbocycles. The first-order chi connectivity index (χ1) is 11.5. The molecule has 1 aliphatic heterocycles. The number of nitrogens with zero attached hydrogens (tertiary/aromatic N) is 4. The Morgan fingerprint density at radius 3 is 2.83 bits per heavy atom. The van der Waals surface area contributed by atoms with Gasteiger partial charge in [-0.15, -0.1) is 5.10 Å². The first-order valence-electron chi connectivity index (χ1n) is 6.86. The Bertz CT molecular complexity index is 841. The van der Waals surface area contributed by atoms with Crippen LogP contribution < -0.4 is 0 Å². The summed E-state index contributed by atoms with van der Waals surface area (Å²) in [4.78, 5) is 26.3. The maximum atomic E-state index is 11.9. The molecule has 1 aliphatic rings. The van der Waals surface area contributed by atoms with Crippen molar-refractivity contribution in [1.82, 2.24) is 9.99 Å². The predicted molar refractivity (Wildman–Crippen MR) is 85.2 cm³/mol. The summed E-state index contributed by atoms with van der Waals surface area (Å²) in [7, 11) is 0. The lowest BCUT2D eigenvalue weighted by Crippen LogP contribution is -2.25. The number of pyridine rings is 1. The van der Waals surface area contributed by atoms with Crippen LogP contribution in [0.25, 0.3) is 0 Å². The van der Waals surface area contributed by atoms with Crippen molar-refractivity contribution < 1.29 is 14.5 Å². The normalized spacial score (nSPS) is 16.5. The zero-order valence-electron chi connectivity index (χ0n) is 12.4. The third-order valence-corrected chi connectivity index (χ3v) is 3.68. The van der Waals surface area contributed by atoms with Crippen molar-refractivity contribution >= 4 is 29.1 Å². The van der Waals surface area contributed by atoms with Gasteiger partial charge in [-0.1, -0.05) is 11.6 Å². The molecular formula is C15H11ClN4O4. The molecule has 0 saturated carbocycles. The van der Waals surface area contributed by atoms with Crippen molar-refractivity contribution in [1.29, 1.82) is 0 Å². The molecule has 2 heterocycles. The van der Waals surface area contributed by atoms with E-state index in [0.29, 0.717) is 5.56 Å². The third-order valence-electron chi connectivity index (χ3n) is 3.33. The van der Waals surface area contributed by atoms with Crippen LogP contribution in [0.4, 0.5) is 5.69 Å². The summed E-state index contributed by atoms with van der Waals surface area (Å²) in [5.74, 6) is -0.202. The number of nitro benzene ring substituents is 1. The Morgan fingerprint density at radius 2 is 2.21 bits per heavy atom. The van der Waals surface area contributed by atoms with E-state index in [0.717, 1.165) is 5.01 Å². The Morgan fingerprint density at radius 1 is 1.42 bits per heavy atom. The van der Waals surface area contributed by atoms with Gasteiger partial charge in [0.25, 0.3) is 5.69 Å². The number of hydrogen-bond donors (Lipinski definition) is 0. The molecule has 0 spiro atoms. The minimum absolute atomic E-state index is 0.156. The van der Waals surface area contributed by atoms with Gasteiger partial charge in [0.1, 0.15) is 0 Å². The van der Waals surface area contributed by atoms with Crippen molar-refractivity contribution in [3.8, 4) is 0 Å². The molecule has 0 unspecified atom stereocenters. The molecule has 1 amide bonds. The summed E-state index contributed by atoms with van der Waals surface area (Å²) in [5.41, 5.74) is 0.702. The van der Waals surface area contributed by atoms with E-state index in [4.69, 9.17) is 16.3 Å². The molecule has 0 saturated heterocycles. The summed E-state index contributed by atoms with van der Waals surface area (Å²) >= 11 is 6.14. The smallest absolute Gasteiger partial charge is 0.270 e. The number of hydrogen-bond acceptors (Lipinski definition) is 6. The van der Waals surface area contributed by atoms with Crippen LogP contribution in [0, 0.1) is 10.1 Å². The van der Waals surface area contributed by atoms with Gasteiger partial charge in [-0.25, -0.2) is 0 Å². The number of ether oxygens (including phenoxy) is 1. The van der Waals surface area contributed by atoms with Gasteiger partial charge < -0.3 is 4.74 Å². The van der Waals surface area contributed by atoms with Crippen LogP contribution >= 0.6 is 11.6 Å². The van der Waals surface area contributed by atoms with Crippen LogP contribution in [0.3, 0.4) is 0 Å². The molecule has 1 aromatic heterocycles. The van der Waals surface area contributed by atoms with Crippen LogP contribution in [0.2, 0.25) is 5.02 Å². The quantitative estimate of drug-likeness (QED) is 0.628. The highest BCUT2D eigenvalue weighted by atomic mass is 35.5. The molecule has 8 nitrogen and oxygen atoms in total. The minimum atomic E-state index is -0.981. The van der Waals surface area contributed by atoms with Gasteiger partial charge >= 0.3 is 0 Å². The summed E-state index contributed by atoms with van der Waals surface area (Å²) in [6, 6.07) is 7.36. The lowest BCUT2D eigenvalue weighted by molar-refractivity contribution is -0.385. The number of non-ortho nitro benzene ring substituents is 1. The first-order valence-corrected chi connectivity index (χ1v) is 7.24. The fraction of sp³-hybridized carbons (Fsp3) is 0.133. The summed E-state index contributed by atoms with van der Waals surface area (Å²) < 4.78 is 5.73. The van der Waals surface area contributed by atoms with Gasteiger partial charge in [-0.2, -0.15) is 5.01 Å². The van der Waals surface area contributed by atoms with Gasteiger partial charge in [0.15, 0.2) is 0 Å². The number of benzene rings is 1. The van der Waals surface area contributed by atoms with Gasteiger partial charge in [-0.05, 0) is 18.2 Å². The van der Waals surface area contributed by atoms with E-state index in [1.54, 1.807) is 18.3 Å². The third kappa shape index (κ3) is 2.91. The molecule has 122 valence electrons. The molecule has 0 aliphatic carbocycles. The molecule has 2 aromatic rings. The van der Waals surface area contributed by atoms with Crippen molar-refractivity contribution in [3.63, 3.8) is 0 Å². The molecule has 24 heavy (non-hydrogen) atoms. The molecule has 1 atom stereocenters. The number of carbonyl (C=O) groups is 1. The number of aromatic nitrogens is 1. The fourth-order valence-corrected chi connectivity index (χ4v) is 2.42. The Hall–Kier alpha value is -3.00. The molecule has 3 rings (SSSR count). The van der Waals surface area contributed by atoms with Crippen LogP contribution in [0.5, 0.6) is 0 Å². The number of amides is 1. The molecule has 0 radical (unpaired) electrons. The number of carbonyl (C=O) groups excluding carboxylic acids is 1. The minimum Gasteiger partial charge on any atom is -0.446 e. The van der Waals surface area contributed by atoms with Crippen molar-refractivity contribution in [2.45, 2.75) is 13.2 Å². The van der Waals surface area contributed by atoms with Gasteiger partial charge in [-0.3, -0.25) is 19.9 Å². The van der Waals surface area contributed by atoms with E-state index in [2.05, 4.69) is 10.1 Å². The van der Waals surface area contributed by atoms with Crippen molar-refractivity contribution in [2.24, 2.45) is 5.10 Å². The van der Waals surface area contributed by atoms with E-state index in [-0.39, 0.29) is 28.1 Å². The Balaban J connectivity index is 2.01. The zero-order chi connectivity index (χ0) is 17.3. The second kappa shape index (κ2) is 6.25. The average molecular weight is 347 g/mol. The number of nitro groups is 1. The van der Waals surface area contributed by atoms with Crippen molar-refractivity contribution in [2.75, 3.05) is 0 Å². The fourth-order valence-electron chi connectivity index (χ4n) is 2.21. The monoisotopic (exact) mass is 346 g/mol. The first kappa shape index (κ1) is 15.9. The van der Waals surface area contributed by atoms with Crippen LogP contribution in [-0.2, 0) is 9.53 Å². The van der Waals surface area contributed by atoms with Crippen LogP contribution in [0.1, 0.15) is 24.3 Å². The summed E-state index contributed by atoms with van der Waals surface area (Å²) in [5, 5.41) is 16.5. The molecule has 0 N–H and O–H groups in total. The van der Waals surface area contributed by atoms with Gasteiger partial charge in [0.2, 0.25) is 18.0 Å². The number of rotatable bonds is 3. The maximum Gasteiger partial charge on any atom is 0.270 e. The molecule has 9 heteroatoms. The van der Waals surface area contributed by atoms with E-state index in [1.807, 2.05) is 0 Å². The lowest BCUT2D eigenvalue weighted by Gasteiger charge is -2.20. The second-order valence-electron chi connectivity index (χ2n) is 4.94. The van der Waals surface area contributed by atoms with Crippen LogP contribution in [-0.4, -0.2) is 26.7 Å². The summed E-state index contributed by atoms with van der Waals surface area (Å²) in [6.07, 6.45) is 2.15. The predicted octanol–water partition coefficient (Wildman–Crippen LogP) is 2.88. The topological polar surface area (TPSA) is 97.9 Å². The molecular weight excluding hydrogens is 336 g/mol. The van der Waals surface area contributed by atoms with E-state index >= 15 is 0 Å². The summed E-state index contributed by atoms with van der Waals surface area (Å²) in [6.45, 7) is 1.32. The maximum absolute atomic E-state index is 11.9. The van der Waals surface area contributed by atoms with E-state index < -0.39 is 11.2 Å². The second-order valence-corrected chi connectivity index (χ2v) is 5.35. The van der Waals surface area contributed by atoms with Crippen molar-refractivity contribution in [3.05, 3.63) is 69.0 Å². The van der Waals surface area contributed by atoms with Crippen LogP contribution in [0.15, 0.2) is 47.8 Å². The number of halogens is 1. The average Bonchev–Trinajstić information content (AvgIpc) is 3.01. The highest BCUT2D eigenvalue weighted by Gasteiger charge is 2.35. The Kier molecular flexibility index (Phi) is 4.13. The van der Waals surface area contributed by atoms with Gasteiger partial charge in [0, 0.05) is 42.0 Å². The largest absolute Gasteiger partial charge is 0.446 e. The molecule has 0 fully saturated rings. The number of hydrazone groups is 1. The van der Waals surface area contributed by atoms with E-state index in [9.17, 15) is 14.9 Å². The van der Waals surface area contributed by atoms with E-state index in [1.165, 1.54) is 31.3 Å².